The fraction of sp³-hybridized carbons (Fsp3) is 0.654. The van der Waals surface area contributed by atoms with E-state index in [1.807, 2.05) is 6.08 Å². The minimum absolute atomic E-state index is 0.0934. The smallest absolute Gasteiger partial charge is 0.269 e. The van der Waals surface area contributed by atoms with Crippen molar-refractivity contribution in [3.8, 4) is 0 Å². The van der Waals surface area contributed by atoms with Gasteiger partial charge in [-0.2, -0.15) is 0 Å². The summed E-state index contributed by atoms with van der Waals surface area (Å²) in [4.78, 5) is 24.0. The third-order valence-electron chi connectivity index (χ3n) is 9.67. The van der Waals surface area contributed by atoms with E-state index in [-0.39, 0.29) is 16.0 Å². The lowest BCUT2D eigenvalue weighted by Crippen LogP contribution is -2.52. The van der Waals surface area contributed by atoms with Crippen molar-refractivity contribution in [3.05, 3.63) is 45.5 Å². The number of fused-ring (bicyclic) bond motifs is 5. The van der Waals surface area contributed by atoms with Crippen LogP contribution in [0.5, 0.6) is 0 Å². The largest absolute Gasteiger partial charge is 0.294 e. The summed E-state index contributed by atoms with van der Waals surface area (Å²) in [5, 5.41) is 10.9. The van der Waals surface area contributed by atoms with Gasteiger partial charge in [-0.05, 0) is 103 Å². The third kappa shape index (κ3) is 2.90. The lowest BCUT2D eigenvalue weighted by Gasteiger charge is -2.59. The summed E-state index contributed by atoms with van der Waals surface area (Å²) in [6.07, 6.45) is 13.3. The Bertz CT molecular complexity index is 903. The summed E-state index contributed by atoms with van der Waals surface area (Å²) in [6, 6.07) is 6.59. The van der Waals surface area contributed by atoms with Crippen molar-refractivity contribution >= 4 is 17.5 Å². The van der Waals surface area contributed by atoms with Crippen LogP contribution in [0.3, 0.4) is 0 Å². The number of nitrogens with zero attached hydrogens (tertiary/aromatic N) is 1. The van der Waals surface area contributed by atoms with E-state index in [1.165, 1.54) is 57.1 Å². The molecule has 0 spiro atoms. The predicted molar refractivity (Wildman–Crippen MR) is 118 cm³/mol. The highest BCUT2D eigenvalue weighted by molar-refractivity contribution is 6.05. The van der Waals surface area contributed by atoms with Crippen LogP contribution in [-0.2, 0) is 4.79 Å². The molecule has 0 unspecified atom stereocenters. The van der Waals surface area contributed by atoms with Gasteiger partial charge in [0.05, 0.1) is 4.92 Å². The number of nitro benzene ring substituents is 1. The van der Waals surface area contributed by atoms with E-state index in [0.29, 0.717) is 23.0 Å². The summed E-state index contributed by atoms with van der Waals surface area (Å²) in [7, 11) is 0. The van der Waals surface area contributed by atoms with E-state index in [1.54, 1.807) is 12.1 Å². The number of hydrogen-bond donors (Lipinski definition) is 0. The van der Waals surface area contributed by atoms with Crippen molar-refractivity contribution in [2.75, 3.05) is 0 Å². The zero-order valence-corrected chi connectivity index (χ0v) is 18.2. The summed E-state index contributed by atoms with van der Waals surface area (Å²) >= 11 is 0. The van der Waals surface area contributed by atoms with Gasteiger partial charge in [-0.3, -0.25) is 14.9 Å². The van der Waals surface area contributed by atoms with Gasteiger partial charge in [0, 0.05) is 17.5 Å². The lowest BCUT2D eigenvalue weighted by molar-refractivity contribution is -0.384. The second-order valence-corrected chi connectivity index (χ2v) is 10.9. The maximum atomic E-state index is 13.5. The fourth-order valence-corrected chi connectivity index (χ4v) is 7.99. The molecule has 0 radical (unpaired) electrons. The molecule has 4 heteroatoms. The molecule has 4 aliphatic carbocycles. The Kier molecular flexibility index (Phi) is 4.68. The van der Waals surface area contributed by atoms with Crippen LogP contribution in [-0.4, -0.2) is 10.7 Å². The van der Waals surface area contributed by atoms with Gasteiger partial charge in [-0.25, -0.2) is 0 Å². The number of allylic oxidation sites excluding steroid dienone is 1. The molecular formula is C26H33NO3. The van der Waals surface area contributed by atoms with Gasteiger partial charge >= 0.3 is 0 Å². The van der Waals surface area contributed by atoms with Gasteiger partial charge in [-0.15, -0.1) is 0 Å². The van der Waals surface area contributed by atoms with E-state index in [2.05, 4.69) is 13.8 Å². The topological polar surface area (TPSA) is 60.2 Å². The van der Waals surface area contributed by atoms with Crippen LogP contribution in [0.1, 0.15) is 77.2 Å². The van der Waals surface area contributed by atoms with Gasteiger partial charge in [0.2, 0.25) is 0 Å². The minimum Gasteiger partial charge on any atom is -0.294 e. The average Bonchev–Trinajstić information content (AvgIpc) is 2.98. The van der Waals surface area contributed by atoms with Gasteiger partial charge in [0.25, 0.3) is 5.69 Å². The molecular weight excluding hydrogens is 374 g/mol. The maximum Gasteiger partial charge on any atom is 0.269 e. The summed E-state index contributed by atoms with van der Waals surface area (Å²) in [5.41, 5.74) is 2.19. The second kappa shape index (κ2) is 7.03. The van der Waals surface area contributed by atoms with Crippen LogP contribution in [0.2, 0.25) is 0 Å². The zero-order chi connectivity index (χ0) is 21.1. The summed E-state index contributed by atoms with van der Waals surface area (Å²) in [6.45, 7) is 4.79. The number of benzene rings is 1. The maximum absolute atomic E-state index is 13.5. The van der Waals surface area contributed by atoms with Gasteiger partial charge in [0.15, 0.2) is 5.78 Å². The van der Waals surface area contributed by atoms with Crippen LogP contribution >= 0.6 is 0 Å². The Morgan fingerprint density at radius 2 is 1.77 bits per heavy atom. The molecule has 4 nitrogen and oxygen atoms in total. The highest BCUT2D eigenvalue weighted by atomic mass is 16.6. The number of Topliss-reactive ketones (excluding diaryl/α,β-unsaturated/α-hetero) is 1. The normalized spacial score (nSPS) is 41.8. The monoisotopic (exact) mass is 407 g/mol. The van der Waals surface area contributed by atoms with Crippen molar-refractivity contribution in [2.45, 2.75) is 71.6 Å². The summed E-state index contributed by atoms with van der Waals surface area (Å²) < 4.78 is 0. The molecule has 5 rings (SSSR count). The Balaban J connectivity index is 1.43. The fourth-order valence-electron chi connectivity index (χ4n) is 7.99. The molecule has 160 valence electrons. The van der Waals surface area contributed by atoms with Crippen LogP contribution in [0.25, 0.3) is 6.08 Å². The third-order valence-corrected chi connectivity index (χ3v) is 9.67. The zero-order valence-electron chi connectivity index (χ0n) is 18.2. The van der Waals surface area contributed by atoms with Gasteiger partial charge < -0.3 is 0 Å². The van der Waals surface area contributed by atoms with Crippen molar-refractivity contribution in [1.29, 1.82) is 0 Å². The first kappa shape index (κ1) is 20.0. The van der Waals surface area contributed by atoms with Crippen molar-refractivity contribution in [2.24, 2.45) is 34.5 Å². The van der Waals surface area contributed by atoms with E-state index in [4.69, 9.17) is 0 Å². The first-order chi connectivity index (χ1) is 14.3. The number of ketones is 1. The van der Waals surface area contributed by atoms with Gasteiger partial charge in [0.1, 0.15) is 0 Å². The molecule has 30 heavy (non-hydrogen) atoms. The molecule has 0 heterocycles. The molecule has 0 aliphatic heterocycles. The summed E-state index contributed by atoms with van der Waals surface area (Å²) in [5.74, 6) is 3.15. The van der Waals surface area contributed by atoms with Crippen molar-refractivity contribution in [3.63, 3.8) is 0 Å². The Hall–Kier alpha value is -1.97. The first-order valence-corrected chi connectivity index (χ1v) is 11.8. The molecule has 4 saturated carbocycles. The molecule has 4 aliphatic rings. The van der Waals surface area contributed by atoms with E-state index in [9.17, 15) is 14.9 Å². The van der Waals surface area contributed by atoms with Gasteiger partial charge in [-0.1, -0.05) is 26.7 Å². The SMILES string of the molecule is C[C@]12CCCC[C@H]1CC[C@H]1[C@H]2CC[C@@]2(C)C(=O)/C(=C/c3ccc([N+](=O)[O-])cc3)C[C@H]12. The molecule has 1 aromatic carbocycles. The van der Waals surface area contributed by atoms with E-state index >= 15 is 0 Å². The van der Waals surface area contributed by atoms with E-state index in [0.717, 1.165) is 35.8 Å². The number of rotatable bonds is 2. The average molecular weight is 408 g/mol. The quantitative estimate of drug-likeness (QED) is 0.316. The van der Waals surface area contributed by atoms with Crippen molar-refractivity contribution < 1.29 is 9.72 Å². The van der Waals surface area contributed by atoms with Crippen LogP contribution < -0.4 is 0 Å². The standard InChI is InChI=1S/C26H33NO3/c1-25-13-4-3-5-19(25)8-11-21-22(25)12-14-26(2)23(21)16-18(24(26)28)15-17-6-9-20(10-7-17)27(29)30/h6-7,9-10,15,19,21-23H,3-5,8,11-14,16H2,1-2H3/b18-15+/t19-,21-,22+,23+,25-,26+/m0/s1. The van der Waals surface area contributed by atoms with Crippen LogP contribution in [0, 0.1) is 44.6 Å². The predicted octanol–water partition coefficient (Wildman–Crippen LogP) is 6.59. The van der Waals surface area contributed by atoms with Crippen LogP contribution in [0.4, 0.5) is 5.69 Å². The number of carbonyl (C=O) groups is 1. The van der Waals surface area contributed by atoms with Crippen molar-refractivity contribution in [1.82, 2.24) is 0 Å². The van der Waals surface area contributed by atoms with E-state index < -0.39 is 0 Å². The number of hydrogen-bond acceptors (Lipinski definition) is 3. The molecule has 0 saturated heterocycles. The molecule has 1 aromatic rings. The number of non-ortho nitro benzene ring substituents is 1. The number of carbonyl (C=O) groups excluding carboxylic acids is 1. The molecule has 0 N–H and O–H groups in total. The first-order valence-electron chi connectivity index (χ1n) is 11.8. The highest BCUT2D eigenvalue weighted by Crippen LogP contribution is 2.66. The Labute approximate surface area is 179 Å². The minimum atomic E-state index is -0.379. The Morgan fingerprint density at radius 1 is 1.00 bits per heavy atom. The number of nitro groups is 1. The molecule has 0 amide bonds. The lowest BCUT2D eigenvalue weighted by atomic mass is 9.45. The second-order valence-electron chi connectivity index (χ2n) is 10.9. The highest BCUT2D eigenvalue weighted by Gasteiger charge is 2.60. The molecule has 6 atom stereocenters. The molecule has 4 fully saturated rings. The molecule has 0 aromatic heterocycles. The Morgan fingerprint density at radius 3 is 2.50 bits per heavy atom. The molecule has 0 bridgehead atoms. The van der Waals surface area contributed by atoms with Crippen LogP contribution in [0.15, 0.2) is 29.8 Å².